The molecule has 0 aromatic carbocycles. The molecule has 1 atom stereocenters. The molecular formula is C10H18N2. The van der Waals surface area contributed by atoms with E-state index in [9.17, 15) is 0 Å². The summed E-state index contributed by atoms with van der Waals surface area (Å²) >= 11 is 0. The van der Waals surface area contributed by atoms with Crippen molar-refractivity contribution in [3.63, 3.8) is 0 Å². The van der Waals surface area contributed by atoms with Crippen molar-refractivity contribution >= 4 is 5.84 Å². The molecule has 0 aromatic rings. The normalized spacial score (nSPS) is 26.4. The van der Waals surface area contributed by atoms with Gasteiger partial charge in [0.15, 0.2) is 0 Å². The second kappa shape index (κ2) is 3.08. The SMILES string of the molecule is CC(CC1CC1)N1CCCC1=N. The van der Waals surface area contributed by atoms with E-state index in [2.05, 4.69) is 11.8 Å². The van der Waals surface area contributed by atoms with Gasteiger partial charge in [-0.25, -0.2) is 0 Å². The Hall–Kier alpha value is -0.530. The van der Waals surface area contributed by atoms with E-state index in [0.717, 1.165) is 24.7 Å². The van der Waals surface area contributed by atoms with Crippen LogP contribution in [0.5, 0.6) is 0 Å². The number of hydrogen-bond acceptors (Lipinski definition) is 1. The molecule has 68 valence electrons. The lowest BCUT2D eigenvalue weighted by molar-refractivity contribution is 0.324. The number of amidine groups is 1. The molecule has 0 amide bonds. The molecule has 2 rings (SSSR count). The van der Waals surface area contributed by atoms with Crippen molar-refractivity contribution in [1.29, 1.82) is 5.41 Å². The average molecular weight is 166 g/mol. The molecule has 2 nitrogen and oxygen atoms in total. The molecule has 1 unspecified atom stereocenters. The van der Waals surface area contributed by atoms with Gasteiger partial charge in [0, 0.05) is 19.0 Å². The van der Waals surface area contributed by atoms with Crippen LogP contribution in [0.25, 0.3) is 0 Å². The van der Waals surface area contributed by atoms with Gasteiger partial charge in [0.25, 0.3) is 0 Å². The van der Waals surface area contributed by atoms with E-state index in [1.165, 1.54) is 25.7 Å². The molecule has 1 saturated heterocycles. The predicted octanol–water partition coefficient (Wildman–Crippen LogP) is 2.25. The van der Waals surface area contributed by atoms with Crippen LogP contribution in [-0.4, -0.2) is 23.3 Å². The lowest BCUT2D eigenvalue weighted by Gasteiger charge is -2.25. The number of likely N-dealkylation sites (tertiary alicyclic amines) is 1. The lowest BCUT2D eigenvalue weighted by atomic mass is 10.1. The minimum absolute atomic E-state index is 0.632. The average Bonchev–Trinajstić information content (AvgIpc) is 2.72. The zero-order chi connectivity index (χ0) is 8.55. The molecule has 1 N–H and O–H groups in total. The molecule has 1 aliphatic heterocycles. The summed E-state index contributed by atoms with van der Waals surface area (Å²) in [5, 5.41) is 7.73. The van der Waals surface area contributed by atoms with Crippen molar-refractivity contribution in [2.24, 2.45) is 5.92 Å². The maximum Gasteiger partial charge on any atom is 0.0960 e. The molecule has 1 aliphatic carbocycles. The predicted molar refractivity (Wildman–Crippen MR) is 50.5 cm³/mol. The van der Waals surface area contributed by atoms with E-state index in [0.29, 0.717) is 6.04 Å². The van der Waals surface area contributed by atoms with Crippen LogP contribution in [0.2, 0.25) is 0 Å². The molecule has 2 aliphatic rings. The second-order valence-corrected chi connectivity index (χ2v) is 4.27. The summed E-state index contributed by atoms with van der Waals surface area (Å²) < 4.78 is 0. The van der Waals surface area contributed by atoms with Crippen LogP contribution < -0.4 is 0 Å². The van der Waals surface area contributed by atoms with Gasteiger partial charge in [-0.05, 0) is 25.7 Å². The van der Waals surface area contributed by atoms with Crippen molar-refractivity contribution in [2.75, 3.05) is 6.54 Å². The molecule has 0 radical (unpaired) electrons. The summed E-state index contributed by atoms with van der Waals surface area (Å²) in [6, 6.07) is 0.632. The zero-order valence-electron chi connectivity index (χ0n) is 7.84. The van der Waals surface area contributed by atoms with Gasteiger partial charge in [-0.2, -0.15) is 0 Å². The second-order valence-electron chi connectivity index (χ2n) is 4.27. The molecule has 1 heterocycles. The molecule has 0 spiro atoms. The van der Waals surface area contributed by atoms with Gasteiger partial charge in [-0.15, -0.1) is 0 Å². The van der Waals surface area contributed by atoms with Crippen molar-refractivity contribution in [2.45, 2.75) is 45.1 Å². The van der Waals surface area contributed by atoms with Crippen LogP contribution in [0.3, 0.4) is 0 Å². The fraction of sp³-hybridized carbons (Fsp3) is 0.900. The molecule has 2 heteroatoms. The van der Waals surface area contributed by atoms with Gasteiger partial charge in [0.05, 0.1) is 5.84 Å². The highest BCUT2D eigenvalue weighted by molar-refractivity contribution is 5.81. The highest BCUT2D eigenvalue weighted by Gasteiger charge is 2.28. The smallest absolute Gasteiger partial charge is 0.0960 e. The Bertz CT molecular complexity index is 184. The third kappa shape index (κ3) is 1.62. The van der Waals surface area contributed by atoms with Crippen molar-refractivity contribution in [1.82, 2.24) is 4.90 Å². The van der Waals surface area contributed by atoms with Crippen LogP contribution >= 0.6 is 0 Å². The first-order valence-corrected chi connectivity index (χ1v) is 5.11. The van der Waals surface area contributed by atoms with E-state index < -0.39 is 0 Å². The minimum atomic E-state index is 0.632. The third-order valence-electron chi connectivity index (χ3n) is 3.06. The molecule has 1 saturated carbocycles. The first kappa shape index (κ1) is 8.09. The summed E-state index contributed by atoms with van der Waals surface area (Å²) in [7, 11) is 0. The van der Waals surface area contributed by atoms with E-state index in [-0.39, 0.29) is 0 Å². The van der Waals surface area contributed by atoms with Crippen molar-refractivity contribution < 1.29 is 0 Å². The Balaban J connectivity index is 1.84. The van der Waals surface area contributed by atoms with Crippen molar-refractivity contribution in [3.05, 3.63) is 0 Å². The fourth-order valence-corrected chi connectivity index (χ4v) is 2.15. The quantitative estimate of drug-likeness (QED) is 0.684. The Morgan fingerprint density at radius 1 is 1.58 bits per heavy atom. The molecule has 0 aromatic heterocycles. The van der Waals surface area contributed by atoms with E-state index in [4.69, 9.17) is 5.41 Å². The van der Waals surface area contributed by atoms with Gasteiger partial charge < -0.3 is 4.90 Å². The van der Waals surface area contributed by atoms with Gasteiger partial charge in [-0.3, -0.25) is 5.41 Å². The molecular weight excluding hydrogens is 148 g/mol. The van der Waals surface area contributed by atoms with Crippen LogP contribution in [-0.2, 0) is 0 Å². The van der Waals surface area contributed by atoms with E-state index >= 15 is 0 Å². The zero-order valence-corrected chi connectivity index (χ0v) is 7.84. The summed E-state index contributed by atoms with van der Waals surface area (Å²) in [5.41, 5.74) is 0. The highest BCUT2D eigenvalue weighted by Crippen LogP contribution is 2.35. The highest BCUT2D eigenvalue weighted by atomic mass is 15.2. The Morgan fingerprint density at radius 3 is 2.83 bits per heavy atom. The molecule has 12 heavy (non-hydrogen) atoms. The van der Waals surface area contributed by atoms with E-state index in [1.807, 2.05) is 0 Å². The largest absolute Gasteiger partial charge is 0.358 e. The van der Waals surface area contributed by atoms with Crippen molar-refractivity contribution in [3.8, 4) is 0 Å². The number of rotatable bonds is 3. The first-order valence-electron chi connectivity index (χ1n) is 5.11. The number of nitrogens with zero attached hydrogens (tertiary/aromatic N) is 1. The minimum Gasteiger partial charge on any atom is -0.358 e. The summed E-state index contributed by atoms with van der Waals surface area (Å²) in [6.07, 6.45) is 6.41. The van der Waals surface area contributed by atoms with Gasteiger partial charge >= 0.3 is 0 Å². The third-order valence-corrected chi connectivity index (χ3v) is 3.06. The first-order chi connectivity index (χ1) is 5.77. The Labute approximate surface area is 74.5 Å². The van der Waals surface area contributed by atoms with Crippen LogP contribution in [0.1, 0.15) is 39.0 Å². The lowest BCUT2D eigenvalue weighted by Crippen LogP contribution is -2.33. The standard InChI is InChI=1S/C10H18N2/c1-8(7-9-4-5-9)12-6-2-3-10(12)11/h8-9,11H,2-7H2,1H3. The van der Waals surface area contributed by atoms with Gasteiger partial charge in [0.2, 0.25) is 0 Å². The van der Waals surface area contributed by atoms with Crippen LogP contribution in [0.15, 0.2) is 0 Å². The number of nitrogens with one attached hydrogen (secondary N) is 1. The molecule has 2 fully saturated rings. The summed E-state index contributed by atoms with van der Waals surface area (Å²) in [4.78, 5) is 2.29. The monoisotopic (exact) mass is 166 g/mol. The Morgan fingerprint density at radius 2 is 2.33 bits per heavy atom. The number of hydrogen-bond donors (Lipinski definition) is 1. The molecule has 0 bridgehead atoms. The van der Waals surface area contributed by atoms with Gasteiger partial charge in [-0.1, -0.05) is 12.8 Å². The maximum absolute atomic E-state index is 7.73. The van der Waals surface area contributed by atoms with Crippen LogP contribution in [0.4, 0.5) is 0 Å². The summed E-state index contributed by atoms with van der Waals surface area (Å²) in [5.74, 6) is 1.87. The van der Waals surface area contributed by atoms with Crippen LogP contribution in [0, 0.1) is 11.3 Å². The van der Waals surface area contributed by atoms with E-state index in [1.54, 1.807) is 0 Å². The Kier molecular flexibility index (Phi) is 2.07. The summed E-state index contributed by atoms with van der Waals surface area (Å²) in [6.45, 7) is 3.41. The topological polar surface area (TPSA) is 27.1 Å². The van der Waals surface area contributed by atoms with Gasteiger partial charge in [0.1, 0.15) is 0 Å². The maximum atomic E-state index is 7.73. The fourth-order valence-electron chi connectivity index (χ4n) is 2.15.